The minimum absolute atomic E-state index is 0.815. The number of nitrogens with one attached hydrogen (secondary N) is 1. The first kappa shape index (κ1) is 14.4. The van der Waals surface area contributed by atoms with Crippen molar-refractivity contribution in [2.75, 3.05) is 26.7 Å². The molecule has 5 heteroatoms. The molecule has 3 nitrogen and oxygen atoms in total. The van der Waals surface area contributed by atoms with E-state index in [1.54, 1.807) is 0 Å². The summed E-state index contributed by atoms with van der Waals surface area (Å²) < 4.78 is 2.07. The third-order valence-electron chi connectivity index (χ3n) is 3.45. The predicted octanol–water partition coefficient (Wildman–Crippen LogP) is 3.04. The lowest BCUT2D eigenvalue weighted by molar-refractivity contribution is 0.216. The maximum Gasteiger partial charge on any atom is 0.0684 e. The Balaban J connectivity index is 1.75. The minimum Gasteiger partial charge on any atom is -0.311 e. The second-order valence-electron chi connectivity index (χ2n) is 4.96. The number of hydrogen-bond donors (Lipinski definition) is 1. The van der Waals surface area contributed by atoms with Crippen molar-refractivity contribution in [2.24, 2.45) is 5.92 Å². The lowest BCUT2D eigenvalue weighted by atomic mass is 9.97. The van der Waals surface area contributed by atoms with Crippen molar-refractivity contribution in [3.05, 3.63) is 26.9 Å². The molecular formula is C13H19Br2N3. The number of nitrogens with zero attached hydrogens (tertiary/aromatic N) is 2. The average Bonchev–Trinajstić information content (AvgIpc) is 2.34. The fourth-order valence-corrected chi connectivity index (χ4v) is 3.36. The highest BCUT2D eigenvalue weighted by molar-refractivity contribution is 9.11. The van der Waals surface area contributed by atoms with Gasteiger partial charge in [0.15, 0.2) is 0 Å². The highest BCUT2D eigenvalue weighted by Gasteiger charge is 2.16. The quantitative estimate of drug-likeness (QED) is 0.875. The maximum atomic E-state index is 4.41. The monoisotopic (exact) mass is 375 g/mol. The van der Waals surface area contributed by atoms with Gasteiger partial charge in [-0.2, -0.15) is 0 Å². The number of rotatable bonds is 4. The average molecular weight is 377 g/mol. The van der Waals surface area contributed by atoms with Crippen molar-refractivity contribution in [1.82, 2.24) is 15.2 Å². The summed E-state index contributed by atoms with van der Waals surface area (Å²) in [5.41, 5.74) is 1.08. The molecule has 0 radical (unpaired) electrons. The van der Waals surface area contributed by atoms with Crippen LogP contribution in [0.1, 0.15) is 18.5 Å². The summed E-state index contributed by atoms with van der Waals surface area (Å²) in [4.78, 5) is 6.81. The summed E-state index contributed by atoms with van der Waals surface area (Å²) in [6.07, 6.45) is 4.45. The van der Waals surface area contributed by atoms with E-state index in [4.69, 9.17) is 0 Å². The molecule has 2 rings (SSSR count). The van der Waals surface area contributed by atoms with Gasteiger partial charge in [-0.15, -0.1) is 0 Å². The Labute approximate surface area is 126 Å². The van der Waals surface area contributed by atoms with E-state index in [2.05, 4.69) is 54.1 Å². The molecule has 0 saturated carbocycles. The molecule has 1 aromatic heterocycles. The van der Waals surface area contributed by atoms with Crippen molar-refractivity contribution in [2.45, 2.75) is 19.4 Å². The third-order valence-corrected chi connectivity index (χ3v) is 4.57. The zero-order valence-electron chi connectivity index (χ0n) is 10.6. The molecule has 100 valence electrons. The third kappa shape index (κ3) is 4.30. The van der Waals surface area contributed by atoms with Gasteiger partial charge in [0.05, 0.1) is 5.69 Å². The number of hydrogen-bond acceptors (Lipinski definition) is 3. The fraction of sp³-hybridized carbons (Fsp3) is 0.615. The topological polar surface area (TPSA) is 28.2 Å². The fourth-order valence-electron chi connectivity index (χ4n) is 2.23. The van der Waals surface area contributed by atoms with Crippen LogP contribution < -0.4 is 5.32 Å². The van der Waals surface area contributed by atoms with Gasteiger partial charge in [0, 0.05) is 21.7 Å². The van der Waals surface area contributed by atoms with Gasteiger partial charge in [-0.3, -0.25) is 4.98 Å². The Bertz CT molecular complexity index is 390. The molecule has 0 unspecified atom stereocenters. The Morgan fingerprint density at radius 2 is 2.11 bits per heavy atom. The van der Waals surface area contributed by atoms with Crippen molar-refractivity contribution in [1.29, 1.82) is 0 Å². The molecule has 0 amide bonds. The molecule has 1 aliphatic heterocycles. The zero-order valence-corrected chi connectivity index (χ0v) is 13.8. The molecule has 0 bridgehead atoms. The molecule has 1 aromatic rings. The van der Waals surface area contributed by atoms with Gasteiger partial charge in [-0.05, 0) is 83.4 Å². The SMILES string of the molecule is CN1CCC(CNCc2ncc(Br)cc2Br)CC1. The molecule has 0 spiro atoms. The van der Waals surface area contributed by atoms with Crippen molar-refractivity contribution in [3.8, 4) is 0 Å². The summed E-state index contributed by atoms with van der Waals surface area (Å²) in [5, 5.41) is 3.52. The summed E-state index contributed by atoms with van der Waals surface area (Å²) in [6, 6.07) is 2.04. The molecule has 1 saturated heterocycles. The Morgan fingerprint density at radius 1 is 1.39 bits per heavy atom. The molecule has 2 heterocycles. The van der Waals surface area contributed by atoms with E-state index < -0.39 is 0 Å². The van der Waals surface area contributed by atoms with Crippen LogP contribution in [0.5, 0.6) is 0 Å². The van der Waals surface area contributed by atoms with Crippen LogP contribution >= 0.6 is 31.9 Å². The second kappa shape index (κ2) is 6.98. The van der Waals surface area contributed by atoms with Crippen LogP contribution in [-0.2, 0) is 6.54 Å². The number of piperidine rings is 1. The molecule has 1 aliphatic rings. The Morgan fingerprint density at radius 3 is 2.78 bits per heavy atom. The first-order chi connectivity index (χ1) is 8.65. The van der Waals surface area contributed by atoms with Crippen molar-refractivity contribution < 1.29 is 0 Å². The molecule has 1 N–H and O–H groups in total. The lowest BCUT2D eigenvalue weighted by Crippen LogP contribution is -2.34. The van der Waals surface area contributed by atoms with E-state index in [-0.39, 0.29) is 0 Å². The molecule has 0 aromatic carbocycles. The highest BCUT2D eigenvalue weighted by atomic mass is 79.9. The zero-order chi connectivity index (χ0) is 13.0. The summed E-state index contributed by atoms with van der Waals surface area (Å²) in [7, 11) is 2.20. The van der Waals surface area contributed by atoms with Gasteiger partial charge in [0.2, 0.25) is 0 Å². The molecular weight excluding hydrogens is 358 g/mol. The molecule has 0 atom stereocenters. The van der Waals surface area contributed by atoms with E-state index >= 15 is 0 Å². The first-order valence-corrected chi connectivity index (χ1v) is 7.93. The molecule has 18 heavy (non-hydrogen) atoms. The van der Waals surface area contributed by atoms with Crippen molar-refractivity contribution >= 4 is 31.9 Å². The van der Waals surface area contributed by atoms with Gasteiger partial charge in [-0.1, -0.05) is 0 Å². The van der Waals surface area contributed by atoms with Crippen LogP contribution in [0.15, 0.2) is 21.2 Å². The number of aromatic nitrogens is 1. The predicted molar refractivity (Wildman–Crippen MR) is 81.6 cm³/mol. The number of likely N-dealkylation sites (tertiary alicyclic amines) is 1. The molecule has 1 fully saturated rings. The van der Waals surface area contributed by atoms with Gasteiger partial charge in [-0.25, -0.2) is 0 Å². The summed E-state index contributed by atoms with van der Waals surface area (Å²) in [5.74, 6) is 0.815. The standard InChI is InChI=1S/C13H19Br2N3/c1-18-4-2-10(3-5-18)7-16-9-13-12(15)6-11(14)8-17-13/h6,8,10,16H,2-5,7,9H2,1H3. The second-order valence-corrected chi connectivity index (χ2v) is 6.73. The van der Waals surface area contributed by atoms with E-state index in [0.717, 1.165) is 33.6 Å². The van der Waals surface area contributed by atoms with Crippen LogP contribution in [0.3, 0.4) is 0 Å². The van der Waals surface area contributed by atoms with Crippen LogP contribution in [0.25, 0.3) is 0 Å². The summed E-state index contributed by atoms with van der Waals surface area (Å²) >= 11 is 6.96. The van der Waals surface area contributed by atoms with E-state index in [1.807, 2.05) is 12.3 Å². The minimum atomic E-state index is 0.815. The van der Waals surface area contributed by atoms with E-state index in [0.29, 0.717) is 0 Å². The van der Waals surface area contributed by atoms with Crippen LogP contribution in [0.2, 0.25) is 0 Å². The highest BCUT2D eigenvalue weighted by Crippen LogP contribution is 2.20. The van der Waals surface area contributed by atoms with Gasteiger partial charge < -0.3 is 10.2 Å². The van der Waals surface area contributed by atoms with Crippen LogP contribution in [0.4, 0.5) is 0 Å². The summed E-state index contributed by atoms with van der Waals surface area (Å²) in [6.45, 7) is 4.39. The largest absolute Gasteiger partial charge is 0.311 e. The number of pyridine rings is 1. The van der Waals surface area contributed by atoms with Gasteiger partial charge >= 0.3 is 0 Å². The Hall–Kier alpha value is 0.0300. The van der Waals surface area contributed by atoms with E-state index in [1.165, 1.54) is 25.9 Å². The molecule has 0 aliphatic carbocycles. The maximum absolute atomic E-state index is 4.41. The van der Waals surface area contributed by atoms with Crippen LogP contribution in [0, 0.1) is 5.92 Å². The van der Waals surface area contributed by atoms with Gasteiger partial charge in [0.1, 0.15) is 0 Å². The normalized spacial score (nSPS) is 18.2. The van der Waals surface area contributed by atoms with Gasteiger partial charge in [0.25, 0.3) is 0 Å². The lowest BCUT2D eigenvalue weighted by Gasteiger charge is -2.29. The van der Waals surface area contributed by atoms with Crippen molar-refractivity contribution in [3.63, 3.8) is 0 Å². The number of halogens is 2. The smallest absolute Gasteiger partial charge is 0.0684 e. The van der Waals surface area contributed by atoms with E-state index in [9.17, 15) is 0 Å². The first-order valence-electron chi connectivity index (χ1n) is 6.34. The Kier molecular flexibility index (Phi) is 5.60. The van der Waals surface area contributed by atoms with Crippen LogP contribution in [-0.4, -0.2) is 36.6 Å².